The van der Waals surface area contributed by atoms with Gasteiger partial charge in [0.15, 0.2) is 0 Å². The average Bonchev–Trinajstić information content (AvgIpc) is 2.65. The zero-order chi connectivity index (χ0) is 12.4. The van der Waals surface area contributed by atoms with Gasteiger partial charge in [0, 0.05) is 0 Å². The molecule has 0 aromatic rings. The number of hydrogen-bond acceptors (Lipinski definition) is 1. The summed E-state index contributed by atoms with van der Waals surface area (Å²) >= 11 is 0. The maximum Gasteiger partial charge on any atom is 0.335 e. The lowest BCUT2D eigenvalue weighted by molar-refractivity contribution is -0.132. The number of hydrogen-bond donors (Lipinski definition) is 1. The van der Waals surface area contributed by atoms with E-state index >= 15 is 0 Å². The molecule has 0 radical (unpaired) electrons. The van der Waals surface area contributed by atoms with Crippen LogP contribution in [0.3, 0.4) is 0 Å². The Kier molecular flexibility index (Phi) is 1.98. The highest BCUT2D eigenvalue weighted by molar-refractivity contribution is 5.91. The largest absolute Gasteiger partial charge is 0.478 e. The fourth-order valence-corrected chi connectivity index (χ4v) is 4.54. The zero-order valence-corrected chi connectivity index (χ0v) is 10.8. The highest BCUT2D eigenvalue weighted by atomic mass is 16.4. The van der Waals surface area contributed by atoms with Crippen LogP contribution in [0.2, 0.25) is 0 Å². The van der Waals surface area contributed by atoms with Crippen molar-refractivity contribution in [1.29, 1.82) is 0 Å². The van der Waals surface area contributed by atoms with Crippen LogP contribution in [0.25, 0.3) is 0 Å². The first kappa shape index (κ1) is 11.1. The van der Waals surface area contributed by atoms with E-state index in [1.54, 1.807) is 0 Å². The first-order valence-corrected chi connectivity index (χ1v) is 6.51. The van der Waals surface area contributed by atoms with Gasteiger partial charge in [-0.15, -0.1) is 0 Å². The molecule has 0 amide bonds. The van der Waals surface area contributed by atoms with Crippen molar-refractivity contribution in [3.63, 3.8) is 0 Å². The van der Waals surface area contributed by atoms with Crippen LogP contribution in [-0.4, -0.2) is 11.1 Å². The van der Waals surface area contributed by atoms with Crippen LogP contribution in [0.15, 0.2) is 22.8 Å². The molecule has 0 heterocycles. The molecule has 3 rings (SSSR count). The number of carboxylic acid groups (broad SMARTS) is 1. The Hall–Kier alpha value is -1.05. The number of rotatable bonds is 1. The van der Waals surface area contributed by atoms with Gasteiger partial charge in [-0.1, -0.05) is 25.0 Å². The van der Waals surface area contributed by atoms with Gasteiger partial charge in [0.25, 0.3) is 0 Å². The van der Waals surface area contributed by atoms with E-state index in [1.807, 2.05) is 13.0 Å². The molecule has 3 aliphatic rings. The lowest BCUT2D eigenvalue weighted by Gasteiger charge is -2.38. The molecule has 2 fully saturated rings. The molecule has 3 aliphatic carbocycles. The minimum Gasteiger partial charge on any atom is -0.478 e. The van der Waals surface area contributed by atoms with E-state index in [9.17, 15) is 9.90 Å². The number of carboxylic acids is 1. The van der Waals surface area contributed by atoms with Crippen LogP contribution >= 0.6 is 0 Å². The van der Waals surface area contributed by atoms with Crippen LogP contribution in [0.4, 0.5) is 0 Å². The standard InChI is InChI=1S/C15H20O2/c1-9-6-11-12(7-10(9)13(16)17)15(3)5-4-14(11,2)8-15/h7,11H,4-6,8H2,1-3H3,(H,16,17). The third-order valence-electron chi connectivity index (χ3n) is 5.46. The van der Waals surface area contributed by atoms with E-state index in [1.165, 1.54) is 24.8 Å². The molecule has 2 nitrogen and oxygen atoms in total. The Bertz CT molecular complexity index is 471. The van der Waals surface area contributed by atoms with Crippen molar-refractivity contribution in [3.8, 4) is 0 Å². The molecule has 3 unspecified atom stereocenters. The normalized spacial score (nSPS) is 43.7. The molecule has 1 N–H and O–H groups in total. The highest BCUT2D eigenvalue weighted by Crippen LogP contribution is 2.69. The number of aliphatic carboxylic acids is 1. The lowest BCUT2D eigenvalue weighted by Crippen LogP contribution is -2.28. The average molecular weight is 232 g/mol. The summed E-state index contributed by atoms with van der Waals surface area (Å²) in [4.78, 5) is 11.2. The van der Waals surface area contributed by atoms with Gasteiger partial charge < -0.3 is 5.11 Å². The molecule has 2 heteroatoms. The third kappa shape index (κ3) is 1.30. The number of allylic oxidation sites excluding steroid dienone is 2. The van der Waals surface area contributed by atoms with E-state index in [2.05, 4.69) is 13.8 Å². The second-order valence-corrected chi connectivity index (χ2v) is 6.75. The summed E-state index contributed by atoms with van der Waals surface area (Å²) in [6.45, 7) is 6.70. The Morgan fingerprint density at radius 1 is 1.41 bits per heavy atom. The molecule has 0 aromatic heterocycles. The fraction of sp³-hybridized carbons (Fsp3) is 0.667. The molecule has 0 aromatic carbocycles. The number of fused-ring (bicyclic) bond motifs is 5. The second-order valence-electron chi connectivity index (χ2n) is 6.75. The maximum absolute atomic E-state index is 11.2. The zero-order valence-electron chi connectivity index (χ0n) is 10.8. The molecule has 17 heavy (non-hydrogen) atoms. The molecule has 0 spiro atoms. The van der Waals surface area contributed by atoms with Crippen LogP contribution in [-0.2, 0) is 4.79 Å². The van der Waals surface area contributed by atoms with Crippen LogP contribution in [0.1, 0.15) is 46.5 Å². The molecule has 0 saturated heterocycles. The van der Waals surface area contributed by atoms with Gasteiger partial charge >= 0.3 is 5.97 Å². The minimum absolute atomic E-state index is 0.279. The molecule has 92 valence electrons. The van der Waals surface area contributed by atoms with Crippen molar-refractivity contribution in [2.24, 2.45) is 16.7 Å². The highest BCUT2D eigenvalue weighted by Gasteiger charge is 2.58. The third-order valence-corrected chi connectivity index (χ3v) is 5.46. The van der Waals surface area contributed by atoms with E-state index < -0.39 is 5.97 Å². The summed E-state index contributed by atoms with van der Waals surface area (Å²) in [7, 11) is 0. The van der Waals surface area contributed by atoms with Crippen LogP contribution in [0, 0.1) is 16.7 Å². The minimum atomic E-state index is -0.759. The Labute approximate surface area is 102 Å². The summed E-state index contributed by atoms with van der Waals surface area (Å²) in [5, 5.41) is 9.24. The summed E-state index contributed by atoms with van der Waals surface area (Å²) in [5.74, 6) is -0.158. The van der Waals surface area contributed by atoms with E-state index in [-0.39, 0.29) is 5.41 Å². The summed E-state index contributed by atoms with van der Waals surface area (Å²) in [5.41, 5.74) is 3.73. The smallest absolute Gasteiger partial charge is 0.335 e. The van der Waals surface area contributed by atoms with Crippen molar-refractivity contribution in [1.82, 2.24) is 0 Å². The summed E-state index contributed by atoms with van der Waals surface area (Å²) in [6, 6.07) is 0. The van der Waals surface area contributed by atoms with Crippen LogP contribution < -0.4 is 0 Å². The SMILES string of the molecule is CC1=C(C(=O)O)C=C2C(C1)C1(C)CCC2(C)C1. The van der Waals surface area contributed by atoms with Crippen molar-refractivity contribution in [2.75, 3.05) is 0 Å². The van der Waals surface area contributed by atoms with Gasteiger partial charge in [-0.05, 0) is 55.4 Å². The molecule has 0 aliphatic heterocycles. The maximum atomic E-state index is 11.2. The van der Waals surface area contributed by atoms with Gasteiger partial charge in [-0.25, -0.2) is 4.79 Å². The van der Waals surface area contributed by atoms with Gasteiger partial charge in [0.05, 0.1) is 5.57 Å². The van der Waals surface area contributed by atoms with Gasteiger partial charge in [0.2, 0.25) is 0 Å². The lowest BCUT2D eigenvalue weighted by atomic mass is 9.66. The monoisotopic (exact) mass is 232 g/mol. The van der Waals surface area contributed by atoms with E-state index in [0.29, 0.717) is 16.9 Å². The van der Waals surface area contributed by atoms with E-state index in [0.717, 1.165) is 12.0 Å². The Morgan fingerprint density at radius 3 is 2.76 bits per heavy atom. The van der Waals surface area contributed by atoms with Crippen molar-refractivity contribution in [3.05, 3.63) is 22.8 Å². The topological polar surface area (TPSA) is 37.3 Å². The molecule has 3 atom stereocenters. The number of carbonyl (C=O) groups is 1. The van der Waals surface area contributed by atoms with Crippen molar-refractivity contribution < 1.29 is 9.90 Å². The second kappa shape index (κ2) is 3.04. The van der Waals surface area contributed by atoms with Gasteiger partial charge in [-0.3, -0.25) is 0 Å². The predicted molar refractivity (Wildman–Crippen MR) is 66.6 cm³/mol. The molecular weight excluding hydrogens is 212 g/mol. The fourth-order valence-electron chi connectivity index (χ4n) is 4.54. The molecular formula is C15H20O2. The summed E-state index contributed by atoms with van der Waals surface area (Å²) in [6.07, 6.45) is 6.74. The molecule has 2 bridgehead atoms. The first-order chi connectivity index (χ1) is 7.86. The van der Waals surface area contributed by atoms with Crippen molar-refractivity contribution >= 4 is 5.97 Å². The van der Waals surface area contributed by atoms with Gasteiger partial charge in [0.1, 0.15) is 0 Å². The molecule has 2 saturated carbocycles. The predicted octanol–water partition coefficient (Wildman–Crippen LogP) is 3.54. The summed E-state index contributed by atoms with van der Waals surface area (Å²) < 4.78 is 0. The Morgan fingerprint density at radius 2 is 2.12 bits per heavy atom. The first-order valence-electron chi connectivity index (χ1n) is 6.51. The van der Waals surface area contributed by atoms with Crippen LogP contribution in [0.5, 0.6) is 0 Å². The van der Waals surface area contributed by atoms with Gasteiger partial charge in [-0.2, -0.15) is 0 Å². The van der Waals surface area contributed by atoms with E-state index in [4.69, 9.17) is 0 Å². The Balaban J connectivity index is 2.10. The van der Waals surface area contributed by atoms with Crippen molar-refractivity contribution in [2.45, 2.75) is 46.5 Å². The quantitative estimate of drug-likeness (QED) is 0.750.